The molecule has 0 spiro atoms. The minimum absolute atomic E-state index is 0.120. The lowest BCUT2D eigenvalue weighted by atomic mass is 10.0. The third kappa shape index (κ3) is 8.08. The van der Waals surface area contributed by atoms with E-state index in [9.17, 15) is 24.6 Å². The molecule has 0 saturated heterocycles. The molecule has 0 aliphatic rings. The van der Waals surface area contributed by atoms with Gasteiger partial charge in [0.25, 0.3) is 5.91 Å². The molecule has 2 aromatic rings. The molecule has 2 rings (SSSR count). The summed E-state index contributed by atoms with van der Waals surface area (Å²) in [5.74, 6) is -2.08. The normalized spacial score (nSPS) is 13.6. The first-order chi connectivity index (χ1) is 16.5. The Bertz CT molecular complexity index is 1030. The van der Waals surface area contributed by atoms with Gasteiger partial charge in [0, 0.05) is 12.5 Å². The lowest BCUT2D eigenvalue weighted by Crippen LogP contribution is -2.53. The van der Waals surface area contributed by atoms with Crippen molar-refractivity contribution in [1.29, 1.82) is 0 Å². The van der Waals surface area contributed by atoms with Gasteiger partial charge in [0.15, 0.2) is 0 Å². The van der Waals surface area contributed by atoms with Gasteiger partial charge in [-0.25, -0.2) is 4.79 Å². The van der Waals surface area contributed by atoms with E-state index in [4.69, 9.17) is 10.5 Å². The Morgan fingerprint density at radius 2 is 1.69 bits per heavy atom. The number of hydrogen-bond donors (Lipinski definition) is 5. The van der Waals surface area contributed by atoms with Gasteiger partial charge in [-0.05, 0) is 42.5 Å². The van der Waals surface area contributed by atoms with Gasteiger partial charge in [0.1, 0.15) is 24.4 Å². The molecular formula is C26H35N3O6. The summed E-state index contributed by atoms with van der Waals surface area (Å²) in [6.07, 6.45) is 0.120. The number of hydrogen-bond acceptors (Lipinski definition) is 6. The molecule has 0 fully saturated rings. The summed E-state index contributed by atoms with van der Waals surface area (Å²) in [4.78, 5) is 37.6. The first kappa shape index (κ1) is 27.8. The maximum absolute atomic E-state index is 13.4. The smallest absolute Gasteiger partial charge is 0.328 e. The van der Waals surface area contributed by atoms with Crippen LogP contribution in [0.4, 0.5) is 0 Å². The number of carboxylic acids is 1. The van der Waals surface area contributed by atoms with Crippen molar-refractivity contribution in [1.82, 2.24) is 10.6 Å². The number of carbonyl (C=O) groups is 3. The molecule has 0 radical (unpaired) electrons. The van der Waals surface area contributed by atoms with Gasteiger partial charge in [-0.3, -0.25) is 9.59 Å². The number of amides is 2. The Labute approximate surface area is 205 Å². The third-order valence-corrected chi connectivity index (χ3v) is 5.64. The molecular weight excluding hydrogens is 450 g/mol. The zero-order valence-corrected chi connectivity index (χ0v) is 20.6. The number of rotatable bonds is 12. The lowest BCUT2D eigenvalue weighted by molar-refractivity contribution is -0.143. The maximum Gasteiger partial charge on any atom is 0.328 e. The zero-order chi connectivity index (χ0) is 26.1. The van der Waals surface area contributed by atoms with Gasteiger partial charge in [-0.15, -0.1) is 0 Å². The molecule has 0 unspecified atom stereocenters. The largest absolute Gasteiger partial charge is 0.491 e. The Hall–Kier alpha value is -3.43. The van der Waals surface area contributed by atoms with E-state index in [2.05, 4.69) is 10.6 Å². The summed E-state index contributed by atoms with van der Waals surface area (Å²) >= 11 is 0. The van der Waals surface area contributed by atoms with Crippen LogP contribution in [0.15, 0.2) is 42.5 Å². The number of benzene rings is 2. The monoisotopic (exact) mass is 485 g/mol. The highest BCUT2D eigenvalue weighted by Gasteiger charge is 2.28. The third-order valence-electron chi connectivity index (χ3n) is 5.64. The number of aliphatic hydroxyl groups is 1. The fourth-order valence-corrected chi connectivity index (χ4v) is 3.44. The van der Waals surface area contributed by atoms with Crippen molar-refractivity contribution in [3.63, 3.8) is 0 Å². The highest BCUT2D eigenvalue weighted by Crippen LogP contribution is 2.26. The molecule has 9 nitrogen and oxygen atoms in total. The van der Waals surface area contributed by atoms with E-state index in [1.807, 2.05) is 39.8 Å². The second-order valence-corrected chi connectivity index (χ2v) is 8.98. The summed E-state index contributed by atoms with van der Waals surface area (Å²) < 4.78 is 5.94. The van der Waals surface area contributed by atoms with E-state index in [1.54, 1.807) is 30.3 Å². The van der Waals surface area contributed by atoms with Gasteiger partial charge < -0.3 is 31.3 Å². The molecule has 0 heterocycles. The van der Waals surface area contributed by atoms with Crippen LogP contribution in [-0.2, 0) is 16.0 Å². The van der Waals surface area contributed by atoms with Crippen molar-refractivity contribution >= 4 is 17.8 Å². The van der Waals surface area contributed by atoms with E-state index in [0.717, 1.165) is 16.7 Å². The zero-order valence-electron chi connectivity index (χ0n) is 20.6. The fourth-order valence-electron chi connectivity index (χ4n) is 3.44. The topological polar surface area (TPSA) is 151 Å². The lowest BCUT2D eigenvalue weighted by Gasteiger charge is -2.23. The van der Waals surface area contributed by atoms with Crippen molar-refractivity contribution in [2.45, 2.75) is 52.2 Å². The number of carboxylic acid groups (broad SMARTS) is 1. The van der Waals surface area contributed by atoms with Gasteiger partial charge in [0.05, 0.1) is 12.2 Å². The Balaban J connectivity index is 2.34. The SMILES string of the molecule is Cc1cc(C)c(OC[C@@H](N)C(C)C)c(C(=O)N[C@@H](Cc2ccccc2)C(=O)N[C@@H](CO)C(=O)O)c1. The molecule has 0 aliphatic carbocycles. The second kappa shape index (κ2) is 12.9. The average Bonchev–Trinajstić information content (AvgIpc) is 2.80. The number of aliphatic hydroxyl groups excluding tert-OH is 1. The van der Waals surface area contributed by atoms with E-state index >= 15 is 0 Å². The Kier molecular flexibility index (Phi) is 10.2. The molecule has 190 valence electrons. The molecule has 0 aliphatic heterocycles. The summed E-state index contributed by atoms with van der Waals surface area (Å²) in [7, 11) is 0. The number of carbonyl (C=O) groups excluding carboxylic acids is 2. The molecule has 6 N–H and O–H groups in total. The van der Waals surface area contributed by atoms with E-state index in [-0.39, 0.29) is 30.6 Å². The molecule has 3 atom stereocenters. The standard InChI is InChI=1S/C26H35N3O6/c1-15(2)20(27)14-35-23-17(4)10-16(3)11-19(23)24(31)28-21(12-18-8-6-5-7-9-18)25(32)29-22(13-30)26(33)34/h5-11,15,20-22,30H,12-14,27H2,1-4H3,(H,28,31)(H,29,32)(H,33,34)/t20-,21+,22+/m1/s1. The van der Waals surface area contributed by atoms with E-state index in [0.29, 0.717) is 5.75 Å². The molecule has 2 amide bonds. The number of nitrogens with two attached hydrogens (primary N) is 1. The van der Waals surface area contributed by atoms with Crippen LogP contribution in [0.1, 0.15) is 40.9 Å². The van der Waals surface area contributed by atoms with Crippen LogP contribution in [0.25, 0.3) is 0 Å². The molecule has 0 saturated carbocycles. The first-order valence-corrected chi connectivity index (χ1v) is 11.5. The fraction of sp³-hybridized carbons (Fsp3) is 0.423. The van der Waals surface area contributed by atoms with Crippen molar-refractivity contribution in [3.8, 4) is 5.75 Å². The summed E-state index contributed by atoms with van der Waals surface area (Å²) in [5, 5.41) is 23.5. The second-order valence-electron chi connectivity index (χ2n) is 8.98. The van der Waals surface area contributed by atoms with E-state index < -0.39 is 36.5 Å². The van der Waals surface area contributed by atoms with E-state index in [1.165, 1.54) is 0 Å². The van der Waals surface area contributed by atoms with Crippen molar-refractivity contribution in [3.05, 3.63) is 64.7 Å². The molecule has 35 heavy (non-hydrogen) atoms. The highest BCUT2D eigenvalue weighted by atomic mass is 16.5. The number of ether oxygens (including phenoxy) is 1. The average molecular weight is 486 g/mol. The van der Waals surface area contributed by atoms with Crippen molar-refractivity contribution in [2.24, 2.45) is 11.7 Å². The van der Waals surface area contributed by atoms with Gasteiger partial charge in [-0.2, -0.15) is 0 Å². The molecule has 2 aromatic carbocycles. The van der Waals surface area contributed by atoms with Crippen LogP contribution < -0.4 is 21.1 Å². The first-order valence-electron chi connectivity index (χ1n) is 11.5. The molecule has 9 heteroatoms. The minimum atomic E-state index is -1.49. The number of aliphatic carboxylic acids is 1. The minimum Gasteiger partial charge on any atom is -0.491 e. The number of aryl methyl sites for hydroxylation is 2. The van der Waals surface area contributed by atoms with Crippen LogP contribution >= 0.6 is 0 Å². The summed E-state index contributed by atoms with van der Waals surface area (Å²) in [6, 6.07) is 9.77. The predicted octanol–water partition coefficient (Wildman–Crippen LogP) is 1.57. The van der Waals surface area contributed by atoms with Crippen LogP contribution in [0, 0.1) is 19.8 Å². The van der Waals surface area contributed by atoms with Crippen LogP contribution in [-0.4, -0.2) is 59.3 Å². The predicted molar refractivity (Wildman–Crippen MR) is 132 cm³/mol. The Morgan fingerprint density at radius 3 is 2.26 bits per heavy atom. The Morgan fingerprint density at radius 1 is 1.03 bits per heavy atom. The maximum atomic E-state index is 13.4. The van der Waals surface area contributed by atoms with Crippen LogP contribution in [0.2, 0.25) is 0 Å². The van der Waals surface area contributed by atoms with Gasteiger partial charge >= 0.3 is 5.97 Å². The molecule has 0 bridgehead atoms. The van der Waals surface area contributed by atoms with Gasteiger partial charge in [0.2, 0.25) is 5.91 Å². The van der Waals surface area contributed by atoms with Crippen LogP contribution in [0.3, 0.4) is 0 Å². The molecule has 0 aromatic heterocycles. The van der Waals surface area contributed by atoms with Crippen LogP contribution in [0.5, 0.6) is 5.75 Å². The number of nitrogens with one attached hydrogen (secondary N) is 2. The van der Waals surface area contributed by atoms with Gasteiger partial charge in [-0.1, -0.05) is 50.2 Å². The van der Waals surface area contributed by atoms with Crippen molar-refractivity contribution in [2.75, 3.05) is 13.2 Å². The van der Waals surface area contributed by atoms with Crippen molar-refractivity contribution < 1.29 is 29.3 Å². The summed E-state index contributed by atoms with van der Waals surface area (Å²) in [6.45, 7) is 7.07. The quantitative estimate of drug-likeness (QED) is 0.306. The summed E-state index contributed by atoms with van der Waals surface area (Å²) in [5.41, 5.74) is 8.72. The highest BCUT2D eigenvalue weighted by molar-refractivity contribution is 6.00.